The second-order valence-corrected chi connectivity index (χ2v) is 6.65. The van der Waals surface area contributed by atoms with E-state index in [2.05, 4.69) is 5.32 Å². The number of rotatable bonds is 7. The van der Waals surface area contributed by atoms with Gasteiger partial charge in [0, 0.05) is 19.1 Å². The van der Waals surface area contributed by atoms with Gasteiger partial charge in [0.2, 0.25) is 10.0 Å². The van der Waals surface area contributed by atoms with Crippen LogP contribution in [-0.2, 0) is 10.0 Å². The van der Waals surface area contributed by atoms with Crippen LogP contribution in [0.2, 0.25) is 0 Å². The maximum absolute atomic E-state index is 11.3. The Morgan fingerprint density at radius 3 is 2.59 bits per heavy atom. The minimum Gasteiger partial charge on any atom is -0.392 e. The van der Waals surface area contributed by atoms with Crippen LogP contribution in [0.15, 0.2) is 0 Å². The predicted molar refractivity (Wildman–Crippen MR) is 68.4 cm³/mol. The molecule has 0 amide bonds. The second kappa shape index (κ2) is 6.68. The van der Waals surface area contributed by atoms with Crippen LogP contribution in [-0.4, -0.2) is 55.9 Å². The Balaban J connectivity index is 2.19. The monoisotopic (exact) mass is 264 g/mol. The number of aliphatic hydroxyl groups excluding tert-OH is 1. The van der Waals surface area contributed by atoms with Crippen molar-refractivity contribution in [3.8, 4) is 0 Å². The van der Waals surface area contributed by atoms with E-state index in [-0.39, 0.29) is 12.1 Å². The first-order valence-corrected chi connectivity index (χ1v) is 8.16. The summed E-state index contributed by atoms with van der Waals surface area (Å²) in [5.41, 5.74) is 0. The van der Waals surface area contributed by atoms with Crippen molar-refractivity contribution in [2.75, 3.05) is 25.9 Å². The number of nitrogens with one attached hydrogen (secondary N) is 1. The number of nitrogens with zero attached hydrogens (tertiary/aromatic N) is 1. The summed E-state index contributed by atoms with van der Waals surface area (Å²) < 4.78 is 24.1. The first-order valence-electron chi connectivity index (χ1n) is 6.31. The third-order valence-corrected chi connectivity index (χ3v) is 4.67. The van der Waals surface area contributed by atoms with Crippen LogP contribution in [0.3, 0.4) is 0 Å². The third kappa shape index (κ3) is 4.91. The van der Waals surface area contributed by atoms with E-state index in [1.54, 1.807) is 0 Å². The van der Waals surface area contributed by atoms with Gasteiger partial charge in [0.05, 0.1) is 12.4 Å². The quantitative estimate of drug-likeness (QED) is 0.643. The molecule has 0 heterocycles. The molecule has 0 bridgehead atoms. The van der Waals surface area contributed by atoms with E-state index in [9.17, 15) is 13.5 Å². The lowest BCUT2D eigenvalue weighted by Crippen LogP contribution is -2.38. The van der Waals surface area contributed by atoms with Crippen molar-refractivity contribution in [2.45, 2.75) is 44.8 Å². The number of aliphatic hydroxyl groups is 1. The molecule has 0 aromatic carbocycles. The highest BCUT2D eigenvalue weighted by molar-refractivity contribution is 7.88. The van der Waals surface area contributed by atoms with E-state index >= 15 is 0 Å². The minimum absolute atomic E-state index is 0.198. The van der Waals surface area contributed by atoms with Gasteiger partial charge in [0.25, 0.3) is 0 Å². The van der Waals surface area contributed by atoms with E-state index in [1.807, 2.05) is 6.92 Å². The van der Waals surface area contributed by atoms with E-state index in [0.717, 1.165) is 32.2 Å². The Morgan fingerprint density at radius 2 is 2.12 bits per heavy atom. The van der Waals surface area contributed by atoms with E-state index in [4.69, 9.17) is 0 Å². The van der Waals surface area contributed by atoms with Crippen molar-refractivity contribution in [3.63, 3.8) is 0 Å². The van der Waals surface area contributed by atoms with Gasteiger partial charge < -0.3 is 10.4 Å². The van der Waals surface area contributed by atoms with Gasteiger partial charge >= 0.3 is 0 Å². The van der Waals surface area contributed by atoms with Crippen LogP contribution in [0, 0.1) is 0 Å². The molecule has 1 rings (SSSR count). The summed E-state index contributed by atoms with van der Waals surface area (Å²) in [6.07, 6.45) is 4.76. The molecule has 0 aromatic rings. The molecule has 0 aromatic heterocycles. The molecule has 1 fully saturated rings. The zero-order chi connectivity index (χ0) is 12.9. The van der Waals surface area contributed by atoms with Crippen molar-refractivity contribution in [1.82, 2.24) is 9.62 Å². The Kier molecular flexibility index (Phi) is 5.85. The van der Waals surface area contributed by atoms with Crippen molar-refractivity contribution in [1.29, 1.82) is 0 Å². The average molecular weight is 264 g/mol. The number of hydrogen-bond acceptors (Lipinski definition) is 4. The molecule has 1 saturated carbocycles. The lowest BCUT2D eigenvalue weighted by atomic mass is 10.2. The molecule has 6 heteroatoms. The fraction of sp³-hybridized carbons (Fsp3) is 1.00. The van der Waals surface area contributed by atoms with Gasteiger partial charge in [0.15, 0.2) is 0 Å². The van der Waals surface area contributed by atoms with E-state index in [0.29, 0.717) is 13.1 Å². The largest absolute Gasteiger partial charge is 0.392 e. The molecule has 1 aliphatic carbocycles. The zero-order valence-electron chi connectivity index (χ0n) is 10.7. The van der Waals surface area contributed by atoms with Crippen molar-refractivity contribution >= 4 is 10.0 Å². The van der Waals surface area contributed by atoms with Crippen LogP contribution in [0.25, 0.3) is 0 Å². The van der Waals surface area contributed by atoms with Gasteiger partial charge in [-0.2, -0.15) is 0 Å². The maximum Gasteiger partial charge on any atom is 0.211 e. The molecule has 17 heavy (non-hydrogen) atoms. The molecule has 0 radical (unpaired) electrons. The van der Waals surface area contributed by atoms with Crippen LogP contribution in [0.4, 0.5) is 0 Å². The molecule has 0 spiro atoms. The van der Waals surface area contributed by atoms with Gasteiger partial charge in [-0.05, 0) is 32.2 Å². The highest BCUT2D eigenvalue weighted by Crippen LogP contribution is 2.18. The van der Waals surface area contributed by atoms with Gasteiger partial charge in [-0.3, -0.25) is 0 Å². The predicted octanol–water partition coefficient (Wildman–Crippen LogP) is 0.161. The third-order valence-electron chi connectivity index (χ3n) is 3.29. The lowest BCUT2D eigenvalue weighted by molar-refractivity contribution is 0.149. The number of sulfonamides is 1. The molecule has 0 saturated heterocycles. The summed E-state index contributed by atoms with van der Waals surface area (Å²) in [6, 6.07) is 0.198. The molecule has 1 aliphatic rings. The highest BCUT2D eigenvalue weighted by Gasteiger charge is 2.24. The summed E-state index contributed by atoms with van der Waals surface area (Å²) in [5, 5.41) is 12.9. The summed E-state index contributed by atoms with van der Waals surface area (Å²) >= 11 is 0. The number of hydrogen-bond donors (Lipinski definition) is 2. The smallest absolute Gasteiger partial charge is 0.211 e. The van der Waals surface area contributed by atoms with Crippen LogP contribution in [0.1, 0.15) is 32.6 Å². The minimum atomic E-state index is -3.07. The second-order valence-electron chi connectivity index (χ2n) is 4.67. The molecule has 2 atom stereocenters. The topological polar surface area (TPSA) is 69.6 Å². The molecule has 0 aliphatic heterocycles. The molecule has 2 N–H and O–H groups in total. The fourth-order valence-electron chi connectivity index (χ4n) is 2.28. The summed E-state index contributed by atoms with van der Waals surface area (Å²) in [4.78, 5) is 0. The van der Waals surface area contributed by atoms with Crippen molar-refractivity contribution in [2.24, 2.45) is 0 Å². The van der Waals surface area contributed by atoms with Gasteiger partial charge in [-0.15, -0.1) is 0 Å². The molecule has 102 valence electrons. The molecule has 5 nitrogen and oxygen atoms in total. The van der Waals surface area contributed by atoms with Crippen molar-refractivity contribution < 1.29 is 13.5 Å². The summed E-state index contributed by atoms with van der Waals surface area (Å²) in [5.74, 6) is 0. The lowest BCUT2D eigenvalue weighted by Gasteiger charge is -2.20. The Labute approximate surface area is 104 Å². The Bertz CT molecular complexity index is 319. The Hall–Kier alpha value is -0.170. The fourth-order valence-corrected chi connectivity index (χ4v) is 3.21. The summed E-state index contributed by atoms with van der Waals surface area (Å²) in [7, 11) is -3.07. The standard InChI is InChI=1S/C11H24N2O3S/c1-3-13(17(2,15)16)9-5-8-12-10-6-4-7-11(10)14/h10-12,14H,3-9H2,1-2H3/t10-,11-/m1/s1. The normalized spacial score (nSPS) is 25.6. The molecular formula is C11H24N2O3S. The molecule has 0 unspecified atom stereocenters. The van der Waals surface area contributed by atoms with Gasteiger partial charge in [-0.1, -0.05) is 6.92 Å². The average Bonchev–Trinajstić information content (AvgIpc) is 2.62. The SMILES string of the molecule is CCN(CCCN[C@@H]1CCC[C@H]1O)S(C)(=O)=O. The van der Waals surface area contributed by atoms with Gasteiger partial charge in [-0.25, -0.2) is 12.7 Å². The highest BCUT2D eigenvalue weighted by atomic mass is 32.2. The van der Waals surface area contributed by atoms with Crippen LogP contribution < -0.4 is 5.32 Å². The van der Waals surface area contributed by atoms with Crippen LogP contribution >= 0.6 is 0 Å². The first kappa shape index (κ1) is 14.9. The molecular weight excluding hydrogens is 240 g/mol. The first-order chi connectivity index (χ1) is 7.95. The van der Waals surface area contributed by atoms with E-state index < -0.39 is 10.0 Å². The Morgan fingerprint density at radius 1 is 1.41 bits per heavy atom. The van der Waals surface area contributed by atoms with E-state index in [1.165, 1.54) is 10.6 Å². The maximum atomic E-state index is 11.3. The van der Waals surface area contributed by atoms with Crippen molar-refractivity contribution in [3.05, 3.63) is 0 Å². The van der Waals surface area contributed by atoms with Crippen LogP contribution in [0.5, 0.6) is 0 Å². The zero-order valence-corrected chi connectivity index (χ0v) is 11.5. The van der Waals surface area contributed by atoms with Gasteiger partial charge in [0.1, 0.15) is 0 Å². The summed E-state index contributed by atoms with van der Waals surface area (Å²) in [6.45, 7) is 3.67.